The van der Waals surface area contributed by atoms with Crippen molar-refractivity contribution in [2.75, 3.05) is 11.9 Å². The van der Waals surface area contributed by atoms with Gasteiger partial charge < -0.3 is 5.32 Å². The van der Waals surface area contributed by atoms with Crippen LogP contribution in [0.15, 0.2) is 78.3 Å². The molecule has 2 amide bonds. The fraction of sp³-hybridized carbons (Fsp3) is 0.150. The van der Waals surface area contributed by atoms with Gasteiger partial charge in [0.2, 0.25) is 11.8 Å². The molecule has 5 nitrogen and oxygen atoms in total. The van der Waals surface area contributed by atoms with Crippen LogP contribution in [0.25, 0.3) is 0 Å². The van der Waals surface area contributed by atoms with E-state index in [9.17, 15) is 9.59 Å². The number of thioether (sulfide) groups is 1. The number of para-hydroxylation sites is 2. The lowest BCUT2D eigenvalue weighted by molar-refractivity contribution is -0.127. The summed E-state index contributed by atoms with van der Waals surface area (Å²) in [5, 5.41) is 2.93. The SMILES string of the molecule is C=CCN1C(=O)C(CC(=O)Nc2ccccc2)SC1=Nc1ccccc1. The molecule has 0 aromatic heterocycles. The second-order valence-corrected chi connectivity index (χ2v) is 6.86. The summed E-state index contributed by atoms with van der Waals surface area (Å²) < 4.78 is 0. The third-order valence-electron chi connectivity index (χ3n) is 3.74. The molecule has 2 aromatic rings. The van der Waals surface area contributed by atoms with Gasteiger partial charge in [-0.2, -0.15) is 0 Å². The number of carbonyl (C=O) groups excluding carboxylic acids is 2. The van der Waals surface area contributed by atoms with Crippen molar-refractivity contribution in [1.29, 1.82) is 0 Å². The van der Waals surface area contributed by atoms with E-state index in [0.29, 0.717) is 17.4 Å². The average molecular weight is 365 g/mol. The van der Waals surface area contributed by atoms with Crippen LogP contribution in [0.5, 0.6) is 0 Å². The number of hydrogen-bond donors (Lipinski definition) is 1. The molecule has 132 valence electrons. The lowest BCUT2D eigenvalue weighted by Crippen LogP contribution is -2.33. The molecular weight excluding hydrogens is 346 g/mol. The van der Waals surface area contributed by atoms with Crippen LogP contribution in [0.2, 0.25) is 0 Å². The molecule has 0 radical (unpaired) electrons. The molecule has 0 aliphatic carbocycles. The van der Waals surface area contributed by atoms with Gasteiger partial charge in [-0.15, -0.1) is 6.58 Å². The van der Waals surface area contributed by atoms with Gasteiger partial charge in [0.25, 0.3) is 0 Å². The predicted octanol–water partition coefficient (Wildman–Crippen LogP) is 3.83. The molecule has 1 fully saturated rings. The Morgan fingerprint density at radius 3 is 2.46 bits per heavy atom. The molecule has 26 heavy (non-hydrogen) atoms. The van der Waals surface area contributed by atoms with Crippen LogP contribution in [-0.2, 0) is 9.59 Å². The lowest BCUT2D eigenvalue weighted by atomic mass is 10.2. The molecular formula is C20H19N3O2S. The summed E-state index contributed by atoms with van der Waals surface area (Å²) >= 11 is 1.32. The summed E-state index contributed by atoms with van der Waals surface area (Å²) in [6.07, 6.45) is 1.76. The van der Waals surface area contributed by atoms with Crippen molar-refractivity contribution in [2.45, 2.75) is 11.7 Å². The molecule has 0 spiro atoms. The average Bonchev–Trinajstić information content (AvgIpc) is 2.92. The minimum absolute atomic E-state index is 0.0971. The first-order chi connectivity index (χ1) is 12.7. The topological polar surface area (TPSA) is 61.8 Å². The first-order valence-electron chi connectivity index (χ1n) is 8.25. The highest BCUT2D eigenvalue weighted by molar-refractivity contribution is 8.15. The molecule has 1 aliphatic heterocycles. The smallest absolute Gasteiger partial charge is 0.242 e. The second kappa shape index (κ2) is 8.49. The van der Waals surface area contributed by atoms with Gasteiger partial charge in [0.05, 0.1) is 5.69 Å². The minimum Gasteiger partial charge on any atom is -0.326 e. The maximum absolute atomic E-state index is 12.7. The number of nitrogens with one attached hydrogen (secondary N) is 1. The zero-order valence-electron chi connectivity index (χ0n) is 14.2. The number of carbonyl (C=O) groups is 2. The number of hydrogen-bond acceptors (Lipinski definition) is 4. The van der Waals surface area contributed by atoms with E-state index in [2.05, 4.69) is 16.9 Å². The number of rotatable bonds is 6. The molecule has 3 rings (SSSR count). The van der Waals surface area contributed by atoms with Gasteiger partial charge in [-0.25, -0.2) is 4.99 Å². The van der Waals surface area contributed by atoms with E-state index in [1.165, 1.54) is 11.8 Å². The first kappa shape index (κ1) is 17.9. The van der Waals surface area contributed by atoms with E-state index >= 15 is 0 Å². The van der Waals surface area contributed by atoms with Crippen LogP contribution in [-0.4, -0.2) is 33.7 Å². The van der Waals surface area contributed by atoms with Crippen molar-refractivity contribution >= 4 is 40.1 Å². The van der Waals surface area contributed by atoms with Gasteiger partial charge in [0.1, 0.15) is 5.25 Å². The zero-order chi connectivity index (χ0) is 18.4. The van der Waals surface area contributed by atoms with E-state index in [4.69, 9.17) is 0 Å². The van der Waals surface area contributed by atoms with Gasteiger partial charge in [0.15, 0.2) is 5.17 Å². The molecule has 1 heterocycles. The van der Waals surface area contributed by atoms with Crippen molar-refractivity contribution in [3.8, 4) is 0 Å². The Bertz CT molecular complexity index is 821. The Labute approximate surface area is 156 Å². The third kappa shape index (κ3) is 4.40. The number of anilines is 1. The monoisotopic (exact) mass is 365 g/mol. The van der Waals surface area contributed by atoms with Crippen LogP contribution in [0.1, 0.15) is 6.42 Å². The van der Waals surface area contributed by atoms with E-state index in [0.717, 1.165) is 5.69 Å². The Balaban J connectivity index is 1.72. The van der Waals surface area contributed by atoms with Crippen LogP contribution in [0, 0.1) is 0 Å². The lowest BCUT2D eigenvalue weighted by Gasteiger charge is -2.13. The van der Waals surface area contributed by atoms with Crippen LogP contribution >= 0.6 is 11.8 Å². The summed E-state index contributed by atoms with van der Waals surface area (Å²) in [6, 6.07) is 18.6. The number of aliphatic imine (C=N–C) groups is 1. The summed E-state index contributed by atoms with van der Waals surface area (Å²) in [7, 11) is 0. The number of nitrogens with zero attached hydrogens (tertiary/aromatic N) is 2. The van der Waals surface area contributed by atoms with E-state index < -0.39 is 5.25 Å². The molecule has 0 bridgehead atoms. The highest BCUT2D eigenvalue weighted by Gasteiger charge is 2.38. The molecule has 1 aliphatic rings. The number of amides is 2. The van der Waals surface area contributed by atoms with Crippen molar-refractivity contribution in [2.24, 2.45) is 4.99 Å². The summed E-state index contributed by atoms with van der Waals surface area (Å²) in [5.74, 6) is -0.311. The molecule has 1 N–H and O–H groups in total. The van der Waals surface area contributed by atoms with Gasteiger partial charge >= 0.3 is 0 Å². The van der Waals surface area contributed by atoms with E-state index in [1.54, 1.807) is 11.0 Å². The predicted molar refractivity (Wildman–Crippen MR) is 107 cm³/mol. The fourth-order valence-electron chi connectivity index (χ4n) is 2.54. The largest absolute Gasteiger partial charge is 0.326 e. The van der Waals surface area contributed by atoms with Gasteiger partial charge in [-0.3, -0.25) is 14.5 Å². The van der Waals surface area contributed by atoms with Crippen molar-refractivity contribution in [1.82, 2.24) is 4.90 Å². The van der Waals surface area contributed by atoms with Crippen LogP contribution < -0.4 is 5.32 Å². The number of amidine groups is 1. The normalized spacial score (nSPS) is 18.2. The standard InChI is InChI=1S/C20H19N3O2S/c1-2-13-23-19(25)17(14-18(24)21-15-9-5-3-6-10-15)26-20(23)22-16-11-7-4-8-12-16/h2-12,17H,1,13-14H2,(H,21,24). The summed E-state index contributed by atoms with van der Waals surface area (Å²) in [6.45, 7) is 4.07. The van der Waals surface area contributed by atoms with Crippen molar-refractivity contribution in [3.63, 3.8) is 0 Å². The maximum Gasteiger partial charge on any atom is 0.242 e. The molecule has 1 saturated heterocycles. The summed E-state index contributed by atoms with van der Waals surface area (Å²) in [4.78, 5) is 31.1. The van der Waals surface area contributed by atoms with Crippen molar-refractivity contribution in [3.05, 3.63) is 73.3 Å². The molecule has 0 saturated carbocycles. The Hall–Kier alpha value is -2.86. The summed E-state index contributed by atoms with van der Waals surface area (Å²) in [5.41, 5.74) is 1.49. The van der Waals surface area contributed by atoms with Gasteiger partial charge in [0, 0.05) is 18.7 Å². The second-order valence-electron chi connectivity index (χ2n) is 5.69. The van der Waals surface area contributed by atoms with Crippen molar-refractivity contribution < 1.29 is 9.59 Å². The zero-order valence-corrected chi connectivity index (χ0v) is 15.0. The van der Waals surface area contributed by atoms with Crippen LogP contribution in [0.3, 0.4) is 0 Å². The van der Waals surface area contributed by atoms with Gasteiger partial charge in [-0.05, 0) is 24.3 Å². The Morgan fingerprint density at radius 2 is 1.81 bits per heavy atom. The first-order valence-corrected chi connectivity index (χ1v) is 9.13. The number of benzene rings is 2. The van der Waals surface area contributed by atoms with Gasteiger partial charge in [-0.1, -0.05) is 54.2 Å². The highest BCUT2D eigenvalue weighted by Crippen LogP contribution is 2.31. The van der Waals surface area contributed by atoms with Crippen LogP contribution in [0.4, 0.5) is 11.4 Å². The molecule has 1 atom stereocenters. The quantitative estimate of drug-likeness (QED) is 0.792. The molecule has 2 aromatic carbocycles. The van der Waals surface area contributed by atoms with E-state index in [-0.39, 0.29) is 18.2 Å². The fourth-order valence-corrected chi connectivity index (χ4v) is 3.70. The maximum atomic E-state index is 12.7. The Kier molecular flexibility index (Phi) is 5.86. The molecule has 6 heteroatoms. The minimum atomic E-state index is -0.485. The highest BCUT2D eigenvalue weighted by atomic mass is 32.2. The third-order valence-corrected chi connectivity index (χ3v) is 4.92. The molecule has 1 unspecified atom stereocenters. The Morgan fingerprint density at radius 1 is 1.15 bits per heavy atom. The van der Waals surface area contributed by atoms with E-state index in [1.807, 2.05) is 60.7 Å².